The summed E-state index contributed by atoms with van der Waals surface area (Å²) in [5.74, 6) is -0.492. The summed E-state index contributed by atoms with van der Waals surface area (Å²) < 4.78 is 37.4. The fourth-order valence-corrected chi connectivity index (χ4v) is 6.62. The lowest BCUT2D eigenvalue weighted by Crippen LogP contribution is -2.33. The molecular formula is C27H31N5O6S. The van der Waals surface area contributed by atoms with Gasteiger partial charge >= 0.3 is 5.97 Å². The molecule has 0 radical (unpaired) electrons. The Bertz CT molecular complexity index is 1540. The fraction of sp³-hybridized carbons (Fsp3) is 0.333. The van der Waals surface area contributed by atoms with E-state index in [9.17, 15) is 19.0 Å². The normalized spacial score (nSPS) is 18.6. The van der Waals surface area contributed by atoms with Crippen molar-refractivity contribution in [2.75, 3.05) is 13.7 Å². The van der Waals surface area contributed by atoms with E-state index in [1.807, 2.05) is 44.2 Å². The van der Waals surface area contributed by atoms with Crippen molar-refractivity contribution in [1.82, 2.24) is 24.3 Å². The van der Waals surface area contributed by atoms with Crippen LogP contribution in [0.4, 0.5) is 0 Å². The van der Waals surface area contributed by atoms with Gasteiger partial charge in [0.05, 0.1) is 26.3 Å². The summed E-state index contributed by atoms with van der Waals surface area (Å²) in [7, 11) is -0.0597. The molecule has 2 aromatic carbocycles. The topological polar surface area (TPSA) is 143 Å². The molecule has 0 fully saturated rings. The summed E-state index contributed by atoms with van der Waals surface area (Å²) in [6.07, 6.45) is 2.53. The Kier molecular flexibility index (Phi) is 7.21. The third-order valence-electron chi connectivity index (χ3n) is 7.00. The van der Waals surface area contributed by atoms with Gasteiger partial charge in [0.15, 0.2) is 0 Å². The predicted molar refractivity (Wildman–Crippen MR) is 146 cm³/mol. The van der Waals surface area contributed by atoms with E-state index < -0.39 is 22.7 Å². The molecule has 3 N–H and O–H groups in total. The van der Waals surface area contributed by atoms with Gasteiger partial charge < -0.3 is 14.6 Å². The van der Waals surface area contributed by atoms with Crippen molar-refractivity contribution in [2.45, 2.75) is 43.7 Å². The number of benzene rings is 2. The number of fused-ring (bicyclic) bond motifs is 2. The molecule has 0 saturated carbocycles. The Hall–Kier alpha value is -3.71. The number of rotatable bonds is 7. The first-order valence-corrected chi connectivity index (χ1v) is 13.9. The van der Waals surface area contributed by atoms with Crippen LogP contribution in [0.2, 0.25) is 0 Å². The van der Waals surface area contributed by atoms with Crippen molar-refractivity contribution in [3.8, 4) is 11.5 Å². The summed E-state index contributed by atoms with van der Waals surface area (Å²) in [4.78, 5) is 16.3. The van der Waals surface area contributed by atoms with E-state index in [1.165, 1.54) is 6.20 Å². The Labute approximate surface area is 227 Å². The number of hydrogen-bond donors (Lipinski definition) is 3. The standard InChI is InChI=1S/C27H31N5O6S/c1-16-5-6-18(21(12-26(33)34)19-10-22-27(24(11-19)37-4)31(3)30-29-22)9-20(16)15-32-14-17(2)38-23-7-8-28-13-25(23)39(32,35)36/h5-11,13,17,21,35-36H,12,14-15H2,1-4H3,(H,33,34). The first-order valence-electron chi connectivity index (χ1n) is 12.4. The minimum atomic E-state index is -3.38. The van der Waals surface area contributed by atoms with Crippen LogP contribution in [-0.4, -0.2) is 64.2 Å². The summed E-state index contributed by atoms with van der Waals surface area (Å²) >= 11 is 0. The minimum absolute atomic E-state index is 0.153. The Balaban J connectivity index is 1.55. The van der Waals surface area contributed by atoms with Crippen molar-refractivity contribution >= 4 is 27.8 Å². The molecule has 2 unspecified atom stereocenters. The van der Waals surface area contributed by atoms with Gasteiger partial charge in [0.25, 0.3) is 0 Å². The smallest absolute Gasteiger partial charge is 0.304 e. The molecule has 0 saturated heterocycles. The number of carboxylic acids is 1. The zero-order valence-corrected chi connectivity index (χ0v) is 22.9. The summed E-state index contributed by atoms with van der Waals surface area (Å²) in [6, 6.07) is 11.1. The van der Waals surface area contributed by atoms with Gasteiger partial charge in [-0.1, -0.05) is 23.4 Å². The predicted octanol–water partition coefficient (Wildman–Crippen LogP) is 4.59. The van der Waals surface area contributed by atoms with Crippen molar-refractivity contribution in [3.63, 3.8) is 0 Å². The third-order valence-corrected chi connectivity index (χ3v) is 8.90. The van der Waals surface area contributed by atoms with E-state index in [2.05, 4.69) is 15.3 Å². The fourth-order valence-electron chi connectivity index (χ4n) is 5.01. The van der Waals surface area contributed by atoms with Gasteiger partial charge in [-0.15, -0.1) is 15.9 Å². The van der Waals surface area contributed by atoms with Gasteiger partial charge in [-0.2, -0.15) is 4.31 Å². The molecule has 2 atom stereocenters. The van der Waals surface area contributed by atoms with Crippen LogP contribution in [0.5, 0.6) is 11.5 Å². The van der Waals surface area contributed by atoms with E-state index >= 15 is 0 Å². The number of aryl methyl sites for hydroxylation is 2. The maximum absolute atomic E-state index is 12.0. The second-order valence-electron chi connectivity index (χ2n) is 9.73. The van der Waals surface area contributed by atoms with E-state index in [0.29, 0.717) is 17.0 Å². The number of ether oxygens (including phenoxy) is 2. The highest BCUT2D eigenvalue weighted by atomic mass is 32.3. The second kappa shape index (κ2) is 10.5. The zero-order valence-electron chi connectivity index (χ0n) is 22.1. The molecule has 4 aromatic rings. The minimum Gasteiger partial charge on any atom is -0.494 e. The number of carbonyl (C=O) groups is 1. The molecule has 206 valence electrons. The maximum Gasteiger partial charge on any atom is 0.304 e. The second-order valence-corrected chi connectivity index (χ2v) is 11.7. The van der Waals surface area contributed by atoms with Crippen LogP contribution in [-0.2, 0) is 18.4 Å². The largest absolute Gasteiger partial charge is 0.494 e. The van der Waals surface area contributed by atoms with Gasteiger partial charge in [-0.25, -0.2) is 4.68 Å². The third kappa shape index (κ3) is 5.15. The molecular weight excluding hydrogens is 522 g/mol. The highest BCUT2D eigenvalue weighted by Crippen LogP contribution is 2.57. The van der Waals surface area contributed by atoms with E-state index in [0.717, 1.165) is 27.8 Å². The SMILES string of the molecule is COc1cc(C(CC(=O)O)c2ccc(C)c(CN3CC(C)Oc4ccncc4S3(O)O)c2)cc2nnn(C)c12. The number of nitrogens with zero attached hydrogens (tertiary/aromatic N) is 5. The number of hydrogen-bond acceptors (Lipinski definition) is 9. The van der Waals surface area contributed by atoms with E-state index in [4.69, 9.17) is 9.47 Å². The van der Waals surface area contributed by atoms with Crippen LogP contribution in [0.15, 0.2) is 53.7 Å². The maximum atomic E-state index is 12.0. The first kappa shape index (κ1) is 26.9. The van der Waals surface area contributed by atoms with Gasteiger partial charge in [0.2, 0.25) is 0 Å². The molecule has 1 aliphatic heterocycles. The van der Waals surface area contributed by atoms with Gasteiger partial charge in [-0.05, 0) is 48.2 Å². The number of carboxylic acid groups (broad SMARTS) is 1. The molecule has 0 bridgehead atoms. The van der Waals surface area contributed by atoms with Crippen molar-refractivity contribution in [1.29, 1.82) is 0 Å². The lowest BCUT2D eigenvalue weighted by Gasteiger charge is -2.41. The highest BCUT2D eigenvalue weighted by Gasteiger charge is 2.34. The first-order chi connectivity index (χ1) is 18.6. The number of aromatic nitrogens is 4. The number of pyridine rings is 1. The number of methoxy groups -OCH3 is 1. The zero-order chi connectivity index (χ0) is 27.9. The van der Waals surface area contributed by atoms with Crippen LogP contribution in [0.3, 0.4) is 0 Å². The summed E-state index contributed by atoms with van der Waals surface area (Å²) in [5.41, 5.74) is 4.62. The Morgan fingerprint density at radius 1 is 1.23 bits per heavy atom. The molecule has 0 aliphatic carbocycles. The van der Waals surface area contributed by atoms with Crippen LogP contribution >= 0.6 is 10.8 Å². The van der Waals surface area contributed by atoms with Crippen LogP contribution < -0.4 is 9.47 Å². The van der Waals surface area contributed by atoms with Gasteiger partial charge in [0, 0.05) is 31.8 Å². The average molecular weight is 554 g/mol. The lowest BCUT2D eigenvalue weighted by atomic mass is 9.86. The molecule has 5 rings (SSSR count). The van der Waals surface area contributed by atoms with Gasteiger partial charge in [0.1, 0.15) is 33.5 Å². The molecule has 39 heavy (non-hydrogen) atoms. The Morgan fingerprint density at radius 3 is 2.77 bits per heavy atom. The summed E-state index contributed by atoms with van der Waals surface area (Å²) in [6.45, 7) is 4.31. The monoisotopic (exact) mass is 553 g/mol. The highest BCUT2D eigenvalue weighted by molar-refractivity contribution is 8.22. The van der Waals surface area contributed by atoms with Crippen LogP contribution in [0.25, 0.3) is 11.0 Å². The van der Waals surface area contributed by atoms with Crippen molar-refractivity contribution in [2.24, 2.45) is 7.05 Å². The molecule has 11 nitrogen and oxygen atoms in total. The molecule has 0 amide bonds. The van der Waals surface area contributed by atoms with Crippen molar-refractivity contribution < 1.29 is 28.5 Å². The lowest BCUT2D eigenvalue weighted by molar-refractivity contribution is -0.137. The van der Waals surface area contributed by atoms with Crippen LogP contribution in [0.1, 0.15) is 41.5 Å². The quantitative estimate of drug-likeness (QED) is 0.297. The van der Waals surface area contributed by atoms with Crippen molar-refractivity contribution in [3.05, 3.63) is 71.0 Å². The molecule has 1 aliphatic rings. The van der Waals surface area contributed by atoms with E-state index in [1.54, 1.807) is 35.4 Å². The summed E-state index contributed by atoms with van der Waals surface area (Å²) in [5, 5.41) is 18.1. The molecule has 0 spiro atoms. The molecule has 2 aromatic heterocycles. The average Bonchev–Trinajstić information content (AvgIpc) is 3.24. The molecule has 3 heterocycles. The van der Waals surface area contributed by atoms with Gasteiger partial charge in [-0.3, -0.25) is 18.9 Å². The Morgan fingerprint density at radius 2 is 2.03 bits per heavy atom. The molecule has 12 heteroatoms. The van der Waals surface area contributed by atoms with Crippen LogP contribution in [0, 0.1) is 6.92 Å². The van der Waals surface area contributed by atoms with E-state index in [-0.39, 0.29) is 30.5 Å². The number of aliphatic carboxylic acids is 1.